The third-order valence-electron chi connectivity index (χ3n) is 2.87. The molecule has 0 amide bonds. The van der Waals surface area contributed by atoms with Gasteiger partial charge in [-0.15, -0.1) is 11.8 Å². The Morgan fingerprint density at radius 1 is 1.14 bits per heavy atom. The van der Waals surface area contributed by atoms with Crippen molar-refractivity contribution >= 4 is 35.3 Å². The number of benzene rings is 2. The second-order valence-corrected chi connectivity index (χ2v) is 8.05. The summed E-state index contributed by atoms with van der Waals surface area (Å²) in [6.07, 6.45) is 0. The van der Waals surface area contributed by atoms with Crippen LogP contribution < -0.4 is 0 Å². The first-order chi connectivity index (χ1) is 10.2. The van der Waals surface area contributed by atoms with E-state index in [0.29, 0.717) is 5.75 Å². The quantitative estimate of drug-likeness (QED) is 0.541. The summed E-state index contributed by atoms with van der Waals surface area (Å²) in [5.41, 5.74) is -4.16. The number of alkyl halides is 2. The highest BCUT2D eigenvalue weighted by Crippen LogP contribution is 2.60. The summed E-state index contributed by atoms with van der Waals surface area (Å²) in [7, 11) is -5.56. The predicted molar refractivity (Wildman–Crippen MR) is 86.1 cm³/mol. The summed E-state index contributed by atoms with van der Waals surface area (Å²) in [5, 5.41) is 0. The second kappa shape index (κ2) is 6.81. The molecule has 0 unspecified atom stereocenters. The maximum Gasteiger partial charge on any atom is 0.399 e. The van der Waals surface area contributed by atoms with Gasteiger partial charge in [0.25, 0.3) is 0 Å². The molecule has 0 radical (unpaired) electrons. The van der Waals surface area contributed by atoms with Crippen LogP contribution in [-0.2, 0) is 16.0 Å². The van der Waals surface area contributed by atoms with Gasteiger partial charge in [-0.05, 0) is 23.8 Å². The Kier molecular flexibility index (Phi) is 5.45. The average molecular weight is 409 g/mol. The first-order valence-electron chi connectivity index (χ1n) is 6.12. The van der Waals surface area contributed by atoms with Crippen molar-refractivity contribution in [1.29, 1.82) is 0 Å². The molecule has 2 N–H and O–H groups in total. The van der Waals surface area contributed by atoms with E-state index in [1.165, 1.54) is 23.9 Å². The number of halogens is 3. The van der Waals surface area contributed by atoms with Crippen molar-refractivity contribution in [3.63, 3.8) is 0 Å². The summed E-state index contributed by atoms with van der Waals surface area (Å²) in [4.78, 5) is 18.6. The fourth-order valence-electron chi connectivity index (χ4n) is 1.73. The lowest BCUT2D eigenvalue weighted by molar-refractivity contribution is 0.0557. The van der Waals surface area contributed by atoms with Crippen molar-refractivity contribution in [2.45, 2.75) is 16.3 Å². The van der Waals surface area contributed by atoms with Crippen LogP contribution in [0.4, 0.5) is 8.78 Å². The summed E-state index contributed by atoms with van der Waals surface area (Å²) in [5.74, 6) is 0.560. The van der Waals surface area contributed by atoms with Crippen LogP contribution in [0, 0.1) is 0 Å². The highest BCUT2D eigenvalue weighted by molar-refractivity contribution is 9.10. The molecule has 0 bridgehead atoms. The van der Waals surface area contributed by atoms with Crippen LogP contribution in [0.15, 0.2) is 57.9 Å². The van der Waals surface area contributed by atoms with E-state index in [2.05, 4.69) is 15.9 Å². The van der Waals surface area contributed by atoms with Crippen LogP contribution in [-0.4, -0.2) is 9.79 Å². The third kappa shape index (κ3) is 3.97. The molecule has 0 spiro atoms. The molecule has 22 heavy (non-hydrogen) atoms. The van der Waals surface area contributed by atoms with E-state index in [4.69, 9.17) is 9.79 Å². The molecule has 0 saturated heterocycles. The highest BCUT2D eigenvalue weighted by atomic mass is 79.9. The normalized spacial score (nSPS) is 12.4. The monoisotopic (exact) mass is 408 g/mol. The fourth-order valence-corrected chi connectivity index (χ4v) is 3.93. The van der Waals surface area contributed by atoms with Crippen LogP contribution >= 0.6 is 35.3 Å². The van der Waals surface area contributed by atoms with Crippen molar-refractivity contribution in [3.05, 3.63) is 64.1 Å². The van der Waals surface area contributed by atoms with Crippen molar-refractivity contribution in [2.75, 3.05) is 0 Å². The first kappa shape index (κ1) is 17.6. The molecule has 0 fully saturated rings. The van der Waals surface area contributed by atoms with Crippen molar-refractivity contribution in [2.24, 2.45) is 0 Å². The van der Waals surface area contributed by atoms with Crippen LogP contribution in [0.25, 0.3) is 0 Å². The number of rotatable bonds is 5. The van der Waals surface area contributed by atoms with Gasteiger partial charge < -0.3 is 9.79 Å². The average Bonchev–Trinajstić information content (AvgIpc) is 2.45. The molecule has 8 heteroatoms. The van der Waals surface area contributed by atoms with Crippen LogP contribution in [0.3, 0.4) is 0 Å². The Morgan fingerprint density at radius 2 is 1.77 bits per heavy atom. The Morgan fingerprint density at radius 3 is 2.32 bits per heavy atom. The summed E-state index contributed by atoms with van der Waals surface area (Å²) >= 11 is 4.51. The van der Waals surface area contributed by atoms with E-state index in [9.17, 15) is 13.3 Å². The maximum absolute atomic E-state index is 13.7. The molecule has 0 atom stereocenters. The van der Waals surface area contributed by atoms with E-state index in [1.807, 2.05) is 30.3 Å². The molecule has 0 aliphatic heterocycles. The summed E-state index contributed by atoms with van der Waals surface area (Å²) in [6, 6.07) is 13.5. The lowest BCUT2D eigenvalue weighted by atomic mass is 10.1. The van der Waals surface area contributed by atoms with Gasteiger partial charge in [-0.2, -0.15) is 8.78 Å². The van der Waals surface area contributed by atoms with Gasteiger partial charge in [0, 0.05) is 20.7 Å². The summed E-state index contributed by atoms with van der Waals surface area (Å²) in [6.45, 7) is 0. The maximum atomic E-state index is 13.7. The lowest BCUT2D eigenvalue weighted by Gasteiger charge is -2.19. The zero-order valence-corrected chi connectivity index (χ0v) is 14.4. The smallest absolute Gasteiger partial charge is 0.320 e. The first-order valence-corrected chi connectivity index (χ1v) is 9.51. The molecule has 2 rings (SSSR count). The molecule has 3 nitrogen and oxygen atoms in total. The van der Waals surface area contributed by atoms with Crippen LogP contribution in [0.1, 0.15) is 11.1 Å². The molecule has 0 aromatic heterocycles. The molecule has 0 aliphatic carbocycles. The predicted octanol–water partition coefficient (Wildman–Crippen LogP) is 4.97. The Balaban J connectivity index is 2.18. The summed E-state index contributed by atoms with van der Waals surface area (Å²) < 4.78 is 38.3. The number of hydrogen-bond acceptors (Lipinski definition) is 2. The molecule has 2 aromatic rings. The minimum absolute atomic E-state index is 0.0213. The highest BCUT2D eigenvalue weighted by Gasteiger charge is 2.51. The lowest BCUT2D eigenvalue weighted by Crippen LogP contribution is -2.14. The van der Waals surface area contributed by atoms with Gasteiger partial charge in [0.15, 0.2) is 0 Å². The van der Waals surface area contributed by atoms with E-state index in [0.717, 1.165) is 16.5 Å². The van der Waals surface area contributed by atoms with E-state index < -0.39 is 18.8 Å². The van der Waals surface area contributed by atoms with Gasteiger partial charge in [-0.3, -0.25) is 4.57 Å². The van der Waals surface area contributed by atoms with Crippen molar-refractivity contribution < 1.29 is 23.1 Å². The molecular weight excluding hydrogens is 397 g/mol. The zero-order valence-electron chi connectivity index (χ0n) is 11.1. The SMILES string of the molecule is O=P(O)(O)C(F)(F)c1ccc(CSc2ccccc2)cc1Br. The standard InChI is InChI=1S/C14H12BrF2O3PS/c15-13-8-10(9-22-11-4-2-1-3-5-11)6-7-12(13)14(16,17)21(18,19)20/h1-8H,9H2,(H2,18,19,20). The molecule has 0 saturated carbocycles. The minimum Gasteiger partial charge on any atom is -0.320 e. The topological polar surface area (TPSA) is 57.5 Å². The third-order valence-corrected chi connectivity index (χ3v) is 5.58. The molecule has 118 valence electrons. The van der Waals surface area contributed by atoms with E-state index in [-0.39, 0.29) is 4.47 Å². The fraction of sp³-hybridized carbons (Fsp3) is 0.143. The second-order valence-electron chi connectivity index (χ2n) is 4.50. The molecule has 0 heterocycles. The van der Waals surface area contributed by atoms with E-state index >= 15 is 0 Å². The van der Waals surface area contributed by atoms with Gasteiger partial charge in [0.1, 0.15) is 0 Å². The molecule has 0 aliphatic rings. The van der Waals surface area contributed by atoms with Gasteiger partial charge in [-0.1, -0.05) is 46.3 Å². The van der Waals surface area contributed by atoms with E-state index in [1.54, 1.807) is 0 Å². The van der Waals surface area contributed by atoms with Crippen molar-refractivity contribution in [1.82, 2.24) is 0 Å². The molecule has 2 aromatic carbocycles. The largest absolute Gasteiger partial charge is 0.399 e. The zero-order chi connectivity index (χ0) is 16.4. The van der Waals surface area contributed by atoms with Crippen LogP contribution in [0.5, 0.6) is 0 Å². The van der Waals surface area contributed by atoms with Gasteiger partial charge in [0.05, 0.1) is 0 Å². The van der Waals surface area contributed by atoms with Gasteiger partial charge in [0.2, 0.25) is 0 Å². The Hall–Kier alpha value is -0.720. The van der Waals surface area contributed by atoms with Gasteiger partial charge in [-0.25, -0.2) is 0 Å². The van der Waals surface area contributed by atoms with Crippen LogP contribution in [0.2, 0.25) is 0 Å². The Labute approximate surface area is 139 Å². The minimum atomic E-state index is -5.56. The number of hydrogen-bond donors (Lipinski definition) is 2. The Bertz CT molecular complexity index is 706. The number of thioether (sulfide) groups is 1. The van der Waals surface area contributed by atoms with Gasteiger partial charge >= 0.3 is 13.3 Å². The van der Waals surface area contributed by atoms with Crippen molar-refractivity contribution in [3.8, 4) is 0 Å². The molecular formula is C14H12BrF2O3PS.